The van der Waals surface area contributed by atoms with Gasteiger partial charge in [0.1, 0.15) is 11.8 Å². The molecule has 1 aliphatic carbocycles. The van der Waals surface area contributed by atoms with Crippen LogP contribution in [-0.4, -0.2) is 62.3 Å². The van der Waals surface area contributed by atoms with Gasteiger partial charge in [0.25, 0.3) is 0 Å². The lowest BCUT2D eigenvalue weighted by Gasteiger charge is -2.39. The van der Waals surface area contributed by atoms with E-state index < -0.39 is 0 Å². The summed E-state index contributed by atoms with van der Waals surface area (Å²) in [6.07, 6.45) is 6.54. The average Bonchev–Trinajstić information content (AvgIpc) is 3.65. The van der Waals surface area contributed by atoms with Crippen LogP contribution in [-0.2, 0) is 0 Å². The predicted octanol–water partition coefficient (Wildman–Crippen LogP) is 4.24. The summed E-state index contributed by atoms with van der Waals surface area (Å²) in [6.45, 7) is 13.1. The van der Waals surface area contributed by atoms with Gasteiger partial charge in [-0.2, -0.15) is 5.26 Å². The Balaban J connectivity index is 0.000000157. The third-order valence-corrected chi connectivity index (χ3v) is 6.90. The molecule has 0 amide bonds. The van der Waals surface area contributed by atoms with Crippen molar-refractivity contribution in [3.63, 3.8) is 0 Å². The molecular weight excluding hydrogens is 410 g/mol. The van der Waals surface area contributed by atoms with E-state index in [0.717, 1.165) is 43.5 Å². The standard InChI is InChI=1S/C14H21N3.C12H16N4/c1-10(2)17-7-6-16(3)13-8-12(11-4-5-11)15-9-14(13)17;1-9(2)16-5-4-15(3)11-6-10(7-13)14-8-12(11)16/h8-11H,4-7H2,1-3H3;6,8-9H,4-5H2,1-3H3. The quantitative estimate of drug-likeness (QED) is 0.697. The van der Waals surface area contributed by atoms with Crippen LogP contribution in [0.25, 0.3) is 0 Å². The van der Waals surface area contributed by atoms with Gasteiger partial charge in [-0.25, -0.2) is 4.98 Å². The molecular formula is C26H37N7. The zero-order chi connectivity index (χ0) is 23.7. The molecule has 2 aliphatic heterocycles. The van der Waals surface area contributed by atoms with Crippen LogP contribution in [0.2, 0.25) is 0 Å². The number of hydrogen-bond donors (Lipinski definition) is 0. The van der Waals surface area contributed by atoms with Gasteiger partial charge in [0, 0.05) is 70.0 Å². The molecule has 33 heavy (non-hydrogen) atoms. The summed E-state index contributed by atoms with van der Waals surface area (Å²) in [4.78, 5) is 18.1. The Kier molecular flexibility index (Phi) is 6.64. The molecule has 5 rings (SSSR count). The Morgan fingerprint density at radius 2 is 1.30 bits per heavy atom. The molecule has 7 heteroatoms. The third kappa shape index (κ3) is 4.85. The van der Waals surface area contributed by atoms with E-state index in [2.05, 4.69) is 89.7 Å². The van der Waals surface area contributed by atoms with E-state index in [1.165, 1.54) is 29.9 Å². The lowest BCUT2D eigenvalue weighted by molar-refractivity contribution is 0.652. The first-order valence-electron chi connectivity index (χ1n) is 12.2. The molecule has 0 unspecified atom stereocenters. The van der Waals surface area contributed by atoms with Gasteiger partial charge in [-0.15, -0.1) is 0 Å². The highest BCUT2D eigenvalue weighted by molar-refractivity contribution is 5.74. The van der Waals surface area contributed by atoms with E-state index in [1.54, 1.807) is 0 Å². The second-order valence-corrected chi connectivity index (χ2v) is 9.96. The fourth-order valence-electron chi connectivity index (χ4n) is 4.68. The zero-order valence-corrected chi connectivity index (χ0v) is 20.9. The van der Waals surface area contributed by atoms with E-state index in [9.17, 15) is 0 Å². The monoisotopic (exact) mass is 447 g/mol. The minimum Gasteiger partial charge on any atom is -0.371 e. The van der Waals surface area contributed by atoms with E-state index in [0.29, 0.717) is 17.8 Å². The zero-order valence-electron chi connectivity index (χ0n) is 20.9. The summed E-state index contributed by atoms with van der Waals surface area (Å²) < 4.78 is 0. The minimum absolute atomic E-state index is 0.460. The summed E-state index contributed by atoms with van der Waals surface area (Å²) in [5, 5.41) is 8.86. The van der Waals surface area contributed by atoms with Gasteiger partial charge in [0.2, 0.25) is 0 Å². The molecule has 0 atom stereocenters. The summed E-state index contributed by atoms with van der Waals surface area (Å²) in [5.74, 6) is 0.739. The number of anilines is 4. The van der Waals surface area contributed by atoms with Crippen LogP contribution >= 0.6 is 0 Å². The van der Waals surface area contributed by atoms with Gasteiger partial charge in [0.15, 0.2) is 0 Å². The van der Waals surface area contributed by atoms with Gasteiger partial charge in [-0.3, -0.25) is 4.98 Å². The Morgan fingerprint density at radius 3 is 1.79 bits per heavy atom. The van der Waals surface area contributed by atoms with E-state index in [-0.39, 0.29) is 0 Å². The first kappa shape index (κ1) is 23.2. The maximum Gasteiger partial charge on any atom is 0.142 e. The van der Waals surface area contributed by atoms with Crippen LogP contribution in [0.5, 0.6) is 0 Å². The smallest absolute Gasteiger partial charge is 0.142 e. The van der Waals surface area contributed by atoms with Crippen molar-refractivity contribution in [2.24, 2.45) is 0 Å². The highest BCUT2D eigenvalue weighted by Gasteiger charge is 2.29. The number of aromatic nitrogens is 2. The van der Waals surface area contributed by atoms with Crippen LogP contribution in [0.15, 0.2) is 24.5 Å². The summed E-state index contributed by atoms with van der Waals surface area (Å²) in [7, 11) is 4.24. The van der Waals surface area contributed by atoms with Crippen molar-refractivity contribution in [1.82, 2.24) is 9.97 Å². The Bertz CT molecular complexity index is 1020. The number of rotatable bonds is 3. The van der Waals surface area contributed by atoms with Crippen molar-refractivity contribution in [3.05, 3.63) is 35.9 Å². The molecule has 0 radical (unpaired) electrons. The van der Waals surface area contributed by atoms with Crippen LogP contribution in [0.1, 0.15) is 57.8 Å². The SMILES string of the molecule is CC(C)N1CCN(C)c2cc(C#N)ncc21.CC(C)N1CCN(C)c2cc(C3CC3)ncc21. The Morgan fingerprint density at radius 1 is 0.788 bits per heavy atom. The van der Waals surface area contributed by atoms with Crippen molar-refractivity contribution in [2.45, 2.75) is 58.5 Å². The molecule has 2 aromatic rings. The first-order chi connectivity index (χ1) is 15.8. The number of nitrogens with zero attached hydrogens (tertiary/aromatic N) is 7. The van der Waals surface area contributed by atoms with Gasteiger partial charge in [0.05, 0.1) is 35.1 Å². The second kappa shape index (κ2) is 9.46. The molecule has 7 nitrogen and oxygen atoms in total. The molecule has 0 bridgehead atoms. The fraction of sp³-hybridized carbons (Fsp3) is 0.577. The van der Waals surface area contributed by atoms with Crippen LogP contribution in [0.4, 0.5) is 22.7 Å². The summed E-state index contributed by atoms with van der Waals surface area (Å²) in [5.41, 5.74) is 6.67. The average molecular weight is 448 g/mol. The number of nitriles is 1. The fourth-order valence-corrected chi connectivity index (χ4v) is 4.68. The second-order valence-electron chi connectivity index (χ2n) is 9.96. The molecule has 2 aromatic heterocycles. The van der Waals surface area contributed by atoms with Crippen molar-refractivity contribution in [3.8, 4) is 6.07 Å². The Labute approximate surface area is 198 Å². The molecule has 0 spiro atoms. The lowest BCUT2D eigenvalue weighted by Crippen LogP contribution is -2.42. The number of hydrogen-bond acceptors (Lipinski definition) is 7. The maximum atomic E-state index is 8.86. The molecule has 0 aromatic carbocycles. The molecule has 1 fully saturated rings. The highest BCUT2D eigenvalue weighted by atomic mass is 15.3. The Hall–Kier alpha value is -3.01. The predicted molar refractivity (Wildman–Crippen MR) is 137 cm³/mol. The maximum absolute atomic E-state index is 8.86. The van der Waals surface area contributed by atoms with E-state index in [1.807, 2.05) is 12.3 Å². The van der Waals surface area contributed by atoms with Gasteiger partial charge in [-0.05, 0) is 46.6 Å². The van der Waals surface area contributed by atoms with Crippen molar-refractivity contribution >= 4 is 22.7 Å². The van der Waals surface area contributed by atoms with Crippen LogP contribution in [0, 0.1) is 11.3 Å². The molecule has 176 valence electrons. The summed E-state index contributed by atoms with van der Waals surface area (Å²) >= 11 is 0. The normalized spacial score (nSPS) is 17.4. The molecule has 4 heterocycles. The molecule has 3 aliphatic rings. The third-order valence-electron chi connectivity index (χ3n) is 6.90. The van der Waals surface area contributed by atoms with E-state index in [4.69, 9.17) is 5.26 Å². The number of fused-ring (bicyclic) bond motifs is 2. The van der Waals surface area contributed by atoms with Gasteiger partial charge >= 0.3 is 0 Å². The largest absolute Gasteiger partial charge is 0.371 e. The minimum atomic E-state index is 0.460. The lowest BCUT2D eigenvalue weighted by atomic mass is 10.1. The molecule has 0 saturated heterocycles. The van der Waals surface area contributed by atoms with Crippen LogP contribution < -0.4 is 19.6 Å². The molecule has 0 N–H and O–H groups in total. The first-order valence-corrected chi connectivity index (χ1v) is 12.2. The number of likely N-dealkylation sites (N-methyl/N-ethyl adjacent to an activating group) is 2. The van der Waals surface area contributed by atoms with Crippen molar-refractivity contribution < 1.29 is 0 Å². The van der Waals surface area contributed by atoms with Crippen molar-refractivity contribution in [2.75, 3.05) is 59.9 Å². The van der Waals surface area contributed by atoms with Crippen LogP contribution in [0.3, 0.4) is 0 Å². The van der Waals surface area contributed by atoms with Gasteiger partial charge in [-0.1, -0.05) is 0 Å². The summed E-state index contributed by atoms with van der Waals surface area (Å²) in [6, 6.07) is 7.27. The van der Waals surface area contributed by atoms with Gasteiger partial charge < -0.3 is 19.6 Å². The van der Waals surface area contributed by atoms with E-state index >= 15 is 0 Å². The molecule has 1 saturated carbocycles. The van der Waals surface area contributed by atoms with Crippen molar-refractivity contribution in [1.29, 1.82) is 5.26 Å². The topological polar surface area (TPSA) is 62.5 Å². The highest BCUT2D eigenvalue weighted by Crippen LogP contribution is 2.42. The number of pyridine rings is 2.